The van der Waals surface area contributed by atoms with E-state index in [-0.39, 0.29) is 0 Å². The third-order valence-corrected chi connectivity index (χ3v) is 0.577. The summed E-state index contributed by atoms with van der Waals surface area (Å²) in [7, 11) is 1.66. The summed E-state index contributed by atoms with van der Waals surface area (Å²) in [6.07, 6.45) is 1.75. The molecule has 0 aromatic rings. The maximum atomic E-state index is 5.17. The van der Waals surface area contributed by atoms with Crippen LogP contribution in [0.5, 0.6) is 0 Å². The van der Waals surface area contributed by atoms with Crippen molar-refractivity contribution in [2.45, 2.75) is 0 Å². The predicted molar refractivity (Wildman–Crippen MR) is 26.5 cm³/mol. The number of hydrogen-bond acceptors (Lipinski definition) is 2. The Kier molecular flexibility index (Phi) is 0.672. The summed E-state index contributed by atoms with van der Waals surface area (Å²) in [5.74, 6) is 2.39. The van der Waals surface area contributed by atoms with Gasteiger partial charge in [0.1, 0.15) is 5.84 Å². The molecule has 0 fully saturated rings. The van der Waals surface area contributed by atoms with Crippen LogP contribution in [0.1, 0.15) is 0 Å². The van der Waals surface area contributed by atoms with E-state index in [0.717, 1.165) is 0 Å². The van der Waals surface area contributed by atoms with E-state index in [4.69, 9.17) is 5.73 Å². The Bertz CT molecular complexity index is 103. The maximum absolute atomic E-state index is 5.17. The van der Waals surface area contributed by atoms with Gasteiger partial charge in [-0.15, -0.1) is 0 Å². The summed E-state index contributed by atoms with van der Waals surface area (Å²) in [6.45, 7) is 0. The Morgan fingerprint density at radius 1 is 1.83 bits per heavy atom. The van der Waals surface area contributed by atoms with E-state index in [1.165, 1.54) is 0 Å². The molecule has 1 radical (unpaired) electrons. The highest BCUT2D eigenvalue weighted by atomic mass is 14.8. The van der Waals surface area contributed by atoms with Crippen molar-refractivity contribution in [2.24, 2.45) is 10.6 Å². The monoisotopic (exact) mass is 79.0 g/mol. The maximum Gasteiger partial charge on any atom is 0.307 e. The summed E-state index contributed by atoms with van der Waals surface area (Å²) in [5, 5.41) is 0. The fraction of sp³-hybridized carbons (Fsp3) is 0. The molecular weight excluding hydrogens is 74.9 g/mol. The molecular formula is C3H4BN2. The second-order valence-corrected chi connectivity index (χ2v) is 1.06. The Balaban J connectivity index is 2.68. The van der Waals surface area contributed by atoms with Crippen LogP contribution in [0, 0.1) is 0 Å². The Hall–Kier alpha value is -0.725. The Labute approximate surface area is 37.0 Å². The van der Waals surface area contributed by atoms with E-state index in [0.29, 0.717) is 5.84 Å². The topological polar surface area (TPSA) is 38.4 Å². The molecule has 1 aliphatic heterocycles. The normalized spacial score (nSPS) is 17.0. The van der Waals surface area contributed by atoms with E-state index >= 15 is 0 Å². The minimum Gasteiger partial charge on any atom is -0.385 e. The van der Waals surface area contributed by atoms with Crippen molar-refractivity contribution in [2.75, 3.05) is 0 Å². The molecule has 1 heterocycles. The number of amidine groups is 1. The second kappa shape index (κ2) is 1.16. The van der Waals surface area contributed by atoms with Crippen LogP contribution in [0.15, 0.2) is 17.0 Å². The van der Waals surface area contributed by atoms with E-state index in [9.17, 15) is 0 Å². The van der Waals surface area contributed by atoms with Gasteiger partial charge in [0, 0.05) is 0 Å². The third kappa shape index (κ3) is 0.430. The van der Waals surface area contributed by atoms with Crippen molar-refractivity contribution in [1.82, 2.24) is 0 Å². The number of nitrogens with two attached hydrogens (primary N) is 1. The quantitative estimate of drug-likeness (QED) is 0.390. The van der Waals surface area contributed by atoms with Gasteiger partial charge in [-0.25, -0.2) is 0 Å². The molecule has 0 unspecified atom stereocenters. The van der Waals surface area contributed by atoms with E-state index < -0.39 is 0 Å². The molecule has 0 aliphatic carbocycles. The molecule has 0 aromatic carbocycles. The average molecular weight is 78.9 g/mol. The summed E-state index contributed by atoms with van der Waals surface area (Å²) in [4.78, 5) is 3.69. The van der Waals surface area contributed by atoms with E-state index in [1.807, 2.05) is 0 Å². The Morgan fingerprint density at radius 3 is 2.83 bits per heavy atom. The third-order valence-electron chi connectivity index (χ3n) is 0.577. The molecule has 0 aromatic heterocycles. The molecule has 0 saturated carbocycles. The highest BCUT2D eigenvalue weighted by Crippen LogP contribution is 1.81. The fourth-order valence-electron chi connectivity index (χ4n) is 0.314. The molecule has 29 valence electrons. The van der Waals surface area contributed by atoms with Crippen molar-refractivity contribution in [3.05, 3.63) is 12.1 Å². The highest BCUT2D eigenvalue weighted by molar-refractivity contribution is 6.46. The fourth-order valence-corrected chi connectivity index (χ4v) is 0.314. The summed E-state index contributed by atoms with van der Waals surface area (Å²) >= 11 is 0. The molecule has 1 aliphatic rings. The smallest absolute Gasteiger partial charge is 0.307 e. The van der Waals surface area contributed by atoms with Gasteiger partial charge in [0.25, 0.3) is 0 Å². The van der Waals surface area contributed by atoms with Crippen LogP contribution >= 0.6 is 0 Å². The van der Waals surface area contributed by atoms with E-state index in [1.54, 1.807) is 19.5 Å². The van der Waals surface area contributed by atoms with Gasteiger partial charge in [0.05, 0.1) is 0 Å². The first-order valence-electron chi connectivity index (χ1n) is 1.73. The molecule has 3 heteroatoms. The first-order valence-corrected chi connectivity index (χ1v) is 1.73. The molecule has 0 atom stereocenters. The van der Waals surface area contributed by atoms with E-state index in [2.05, 4.69) is 4.90 Å². The minimum atomic E-state index is 0.593. The van der Waals surface area contributed by atoms with Gasteiger partial charge in [0.2, 0.25) is 0 Å². The largest absolute Gasteiger partial charge is 0.385 e. The number of nitrogens with zero attached hydrogens (tertiary/aromatic N) is 1. The first kappa shape index (κ1) is 3.46. The zero-order valence-corrected chi connectivity index (χ0v) is 3.26. The van der Waals surface area contributed by atoms with Gasteiger partial charge in [-0.3, -0.25) is 0 Å². The molecule has 2 nitrogen and oxygen atoms in total. The summed E-state index contributed by atoms with van der Waals surface area (Å²) in [6, 6.07) is 0. The van der Waals surface area contributed by atoms with Gasteiger partial charge in [-0.2, -0.15) is 0 Å². The van der Waals surface area contributed by atoms with Crippen LogP contribution in [0.3, 0.4) is 0 Å². The molecule has 0 spiro atoms. The first-order chi connectivity index (χ1) is 2.89. The van der Waals surface area contributed by atoms with Crippen molar-refractivity contribution in [3.8, 4) is 0 Å². The number of hydrogen-bond donors (Lipinski definition) is 1. The molecule has 0 amide bonds. The van der Waals surface area contributed by atoms with Crippen LogP contribution in [0.2, 0.25) is 0 Å². The lowest BCUT2D eigenvalue weighted by Crippen LogP contribution is -2.03. The predicted octanol–water partition coefficient (Wildman–Crippen LogP) is -0.510. The molecule has 2 N–H and O–H groups in total. The van der Waals surface area contributed by atoms with Gasteiger partial charge in [0.15, 0.2) is 0 Å². The van der Waals surface area contributed by atoms with Crippen LogP contribution in [-0.2, 0) is 0 Å². The van der Waals surface area contributed by atoms with Crippen molar-refractivity contribution < 1.29 is 0 Å². The molecule has 0 bridgehead atoms. The van der Waals surface area contributed by atoms with Crippen molar-refractivity contribution in [3.63, 3.8) is 0 Å². The molecule has 0 saturated heterocycles. The molecule has 1 rings (SSSR count). The second-order valence-electron chi connectivity index (χ2n) is 1.06. The van der Waals surface area contributed by atoms with Crippen LogP contribution < -0.4 is 5.73 Å². The van der Waals surface area contributed by atoms with Gasteiger partial charge in [-0.05, 0) is 6.08 Å². The summed E-state index contributed by atoms with van der Waals surface area (Å²) in [5.41, 5.74) is 5.17. The number of rotatable bonds is 0. The SMILES string of the molecule is NC1=N[B]C=C1. The van der Waals surface area contributed by atoms with Crippen LogP contribution in [0.4, 0.5) is 0 Å². The molecule has 6 heavy (non-hydrogen) atoms. The van der Waals surface area contributed by atoms with Crippen LogP contribution in [0.25, 0.3) is 0 Å². The van der Waals surface area contributed by atoms with Gasteiger partial charge < -0.3 is 10.6 Å². The average Bonchev–Trinajstić information content (AvgIpc) is 1.86. The van der Waals surface area contributed by atoms with Gasteiger partial charge in [-0.1, -0.05) is 5.98 Å². The summed E-state index contributed by atoms with van der Waals surface area (Å²) < 4.78 is 0. The lowest BCUT2D eigenvalue weighted by atomic mass is 10.00. The zero-order chi connectivity index (χ0) is 4.41. The van der Waals surface area contributed by atoms with Crippen molar-refractivity contribution in [1.29, 1.82) is 0 Å². The highest BCUT2D eigenvalue weighted by Gasteiger charge is 1.89. The van der Waals surface area contributed by atoms with Crippen LogP contribution in [-0.4, -0.2) is 13.3 Å². The minimum absolute atomic E-state index is 0.593. The standard InChI is InChI=1S/C3H4BN2/c5-3-1-2-4-6-3/h1-2H,(H2,5,6). The van der Waals surface area contributed by atoms with Crippen molar-refractivity contribution >= 4 is 13.3 Å². The zero-order valence-electron chi connectivity index (χ0n) is 3.26. The Morgan fingerprint density at radius 2 is 2.67 bits per heavy atom. The lowest BCUT2D eigenvalue weighted by Gasteiger charge is -1.75. The lowest BCUT2D eigenvalue weighted by molar-refractivity contribution is 1.69. The van der Waals surface area contributed by atoms with Gasteiger partial charge >= 0.3 is 7.41 Å².